The van der Waals surface area contributed by atoms with Crippen molar-refractivity contribution < 1.29 is 4.39 Å². The average molecular weight is 281 g/mol. The van der Waals surface area contributed by atoms with Crippen molar-refractivity contribution in [2.75, 3.05) is 6.54 Å². The highest BCUT2D eigenvalue weighted by Crippen LogP contribution is 2.36. The van der Waals surface area contributed by atoms with Crippen LogP contribution in [-0.2, 0) is 6.54 Å². The molecule has 1 aliphatic carbocycles. The molecule has 1 aliphatic rings. The molecule has 0 spiro atoms. The zero-order chi connectivity index (χ0) is 13.7. The van der Waals surface area contributed by atoms with E-state index >= 15 is 0 Å². The van der Waals surface area contributed by atoms with Crippen LogP contribution in [-0.4, -0.2) is 11.8 Å². The number of hydrogen-bond donors (Lipinski definition) is 1. The number of rotatable bonds is 6. The Morgan fingerprint density at radius 1 is 1.32 bits per heavy atom. The Hall–Kier alpha value is -0.540. The molecule has 0 bridgehead atoms. The quantitative estimate of drug-likeness (QED) is 0.817. The van der Waals surface area contributed by atoms with E-state index in [1.807, 2.05) is 17.8 Å². The van der Waals surface area contributed by atoms with Gasteiger partial charge in [-0.15, -0.1) is 11.8 Å². The van der Waals surface area contributed by atoms with Gasteiger partial charge in [0.25, 0.3) is 0 Å². The lowest BCUT2D eigenvalue weighted by atomic mass is 10.2. The molecule has 0 heterocycles. The van der Waals surface area contributed by atoms with E-state index in [9.17, 15) is 4.39 Å². The molecule has 1 saturated carbocycles. The van der Waals surface area contributed by atoms with Crippen LogP contribution in [0.4, 0.5) is 4.39 Å². The van der Waals surface area contributed by atoms with Crippen LogP contribution in [0.1, 0.15) is 45.1 Å². The smallest absolute Gasteiger partial charge is 0.123 e. The maximum atomic E-state index is 13.4. The van der Waals surface area contributed by atoms with Crippen LogP contribution in [0.25, 0.3) is 0 Å². The summed E-state index contributed by atoms with van der Waals surface area (Å²) >= 11 is 1.94. The second-order valence-electron chi connectivity index (χ2n) is 5.80. The zero-order valence-corrected chi connectivity index (χ0v) is 12.7. The summed E-state index contributed by atoms with van der Waals surface area (Å²) in [6.45, 7) is 6.12. The minimum absolute atomic E-state index is 0.128. The van der Waals surface area contributed by atoms with Crippen LogP contribution in [0.3, 0.4) is 0 Å². The Morgan fingerprint density at radius 3 is 2.74 bits per heavy atom. The molecule has 1 nitrogen and oxygen atoms in total. The van der Waals surface area contributed by atoms with Crippen molar-refractivity contribution in [3.63, 3.8) is 0 Å². The van der Waals surface area contributed by atoms with Crippen LogP contribution in [0, 0.1) is 11.7 Å². The minimum Gasteiger partial charge on any atom is -0.312 e. The largest absolute Gasteiger partial charge is 0.312 e. The molecule has 1 aromatic rings. The molecule has 2 rings (SSSR count). The highest BCUT2D eigenvalue weighted by Gasteiger charge is 2.17. The molecule has 19 heavy (non-hydrogen) atoms. The first-order valence-electron chi connectivity index (χ1n) is 7.31. The van der Waals surface area contributed by atoms with Crippen molar-refractivity contribution >= 4 is 11.8 Å². The fraction of sp³-hybridized carbons (Fsp3) is 0.625. The number of hydrogen-bond acceptors (Lipinski definition) is 2. The van der Waals surface area contributed by atoms with Crippen LogP contribution in [0.5, 0.6) is 0 Å². The van der Waals surface area contributed by atoms with E-state index in [1.165, 1.54) is 30.6 Å². The van der Waals surface area contributed by atoms with Crippen molar-refractivity contribution in [3.8, 4) is 0 Å². The monoisotopic (exact) mass is 281 g/mol. The van der Waals surface area contributed by atoms with E-state index in [2.05, 4.69) is 19.2 Å². The van der Waals surface area contributed by atoms with E-state index in [1.54, 1.807) is 12.1 Å². The van der Waals surface area contributed by atoms with Gasteiger partial charge in [-0.05, 0) is 49.1 Å². The van der Waals surface area contributed by atoms with E-state index in [4.69, 9.17) is 0 Å². The fourth-order valence-corrected chi connectivity index (χ4v) is 3.84. The molecule has 0 unspecified atom stereocenters. The first-order chi connectivity index (χ1) is 9.15. The van der Waals surface area contributed by atoms with E-state index < -0.39 is 0 Å². The van der Waals surface area contributed by atoms with Gasteiger partial charge < -0.3 is 5.32 Å². The van der Waals surface area contributed by atoms with Crippen molar-refractivity contribution in [2.45, 2.75) is 56.2 Å². The number of halogens is 1. The van der Waals surface area contributed by atoms with Gasteiger partial charge in [0.15, 0.2) is 0 Å². The molecule has 0 aliphatic heterocycles. The lowest BCUT2D eigenvalue weighted by Gasteiger charge is -2.14. The van der Waals surface area contributed by atoms with Crippen molar-refractivity contribution in [1.29, 1.82) is 0 Å². The molecule has 1 fully saturated rings. The highest BCUT2D eigenvalue weighted by molar-refractivity contribution is 8.00. The summed E-state index contributed by atoms with van der Waals surface area (Å²) in [5.74, 6) is 0.497. The van der Waals surface area contributed by atoms with Crippen molar-refractivity contribution in [2.24, 2.45) is 5.92 Å². The molecule has 0 aromatic heterocycles. The van der Waals surface area contributed by atoms with Crippen LogP contribution in [0.15, 0.2) is 23.1 Å². The van der Waals surface area contributed by atoms with Gasteiger partial charge in [0.1, 0.15) is 5.82 Å². The summed E-state index contributed by atoms with van der Waals surface area (Å²) in [5, 5.41) is 4.14. The second-order valence-corrected chi connectivity index (χ2v) is 7.14. The predicted octanol–water partition coefficient (Wildman–Crippen LogP) is 4.61. The van der Waals surface area contributed by atoms with E-state index in [0.29, 0.717) is 5.92 Å². The minimum atomic E-state index is -0.128. The lowest BCUT2D eigenvalue weighted by Crippen LogP contribution is -2.19. The third kappa shape index (κ3) is 4.81. The molecule has 3 heteroatoms. The first-order valence-corrected chi connectivity index (χ1v) is 8.19. The average Bonchev–Trinajstić information content (AvgIpc) is 2.85. The number of thioether (sulfide) groups is 1. The standard InChI is InChI=1S/C16H24FNS/c1-12(2)10-18-11-13-9-14(17)7-8-16(13)19-15-5-3-4-6-15/h7-9,12,15,18H,3-6,10-11H2,1-2H3. The Morgan fingerprint density at radius 2 is 2.05 bits per heavy atom. The van der Waals surface area contributed by atoms with Gasteiger partial charge >= 0.3 is 0 Å². The lowest BCUT2D eigenvalue weighted by molar-refractivity contribution is 0.547. The molecular weight excluding hydrogens is 257 g/mol. The molecule has 0 radical (unpaired) electrons. The Balaban J connectivity index is 1.99. The second kappa shape index (κ2) is 7.30. The summed E-state index contributed by atoms with van der Waals surface area (Å²) < 4.78 is 13.4. The van der Waals surface area contributed by atoms with E-state index in [0.717, 1.165) is 23.9 Å². The van der Waals surface area contributed by atoms with Crippen molar-refractivity contribution in [3.05, 3.63) is 29.6 Å². The summed E-state index contributed by atoms with van der Waals surface area (Å²) in [5.41, 5.74) is 1.11. The summed E-state index contributed by atoms with van der Waals surface area (Å²) in [4.78, 5) is 1.25. The van der Waals surface area contributed by atoms with Crippen LogP contribution < -0.4 is 5.32 Å². The van der Waals surface area contributed by atoms with Gasteiger partial charge in [0.05, 0.1) is 0 Å². The maximum absolute atomic E-state index is 13.4. The summed E-state index contributed by atoms with van der Waals surface area (Å²) in [6.07, 6.45) is 5.31. The Kier molecular flexibility index (Phi) is 5.71. The number of nitrogens with one attached hydrogen (secondary N) is 1. The Bertz CT molecular complexity index is 400. The fourth-order valence-electron chi connectivity index (χ4n) is 2.48. The van der Waals surface area contributed by atoms with Crippen LogP contribution >= 0.6 is 11.8 Å². The molecular formula is C16H24FNS. The third-order valence-corrected chi connectivity index (χ3v) is 4.94. The van der Waals surface area contributed by atoms with Crippen LogP contribution in [0.2, 0.25) is 0 Å². The molecule has 0 atom stereocenters. The molecule has 0 saturated heterocycles. The summed E-state index contributed by atoms with van der Waals surface area (Å²) in [6, 6.07) is 5.22. The zero-order valence-electron chi connectivity index (χ0n) is 11.9. The SMILES string of the molecule is CC(C)CNCc1cc(F)ccc1SC1CCCC1. The predicted molar refractivity (Wildman–Crippen MR) is 81.1 cm³/mol. The van der Waals surface area contributed by atoms with Gasteiger partial charge in [-0.1, -0.05) is 26.7 Å². The highest BCUT2D eigenvalue weighted by atomic mass is 32.2. The molecule has 1 aromatic carbocycles. The normalized spacial score (nSPS) is 16.4. The van der Waals surface area contributed by atoms with Crippen molar-refractivity contribution in [1.82, 2.24) is 5.32 Å². The Labute approximate surface area is 120 Å². The van der Waals surface area contributed by atoms with E-state index in [-0.39, 0.29) is 5.82 Å². The van der Waals surface area contributed by atoms with Gasteiger partial charge in [0.2, 0.25) is 0 Å². The third-order valence-electron chi connectivity index (χ3n) is 3.49. The van der Waals surface area contributed by atoms with Gasteiger partial charge in [-0.25, -0.2) is 4.39 Å². The van der Waals surface area contributed by atoms with Gasteiger partial charge in [-0.3, -0.25) is 0 Å². The molecule has 0 amide bonds. The van der Waals surface area contributed by atoms with Gasteiger partial charge in [0, 0.05) is 16.7 Å². The first kappa shape index (κ1) is 14.9. The molecule has 1 N–H and O–H groups in total. The maximum Gasteiger partial charge on any atom is 0.123 e. The topological polar surface area (TPSA) is 12.0 Å². The number of benzene rings is 1. The summed E-state index contributed by atoms with van der Waals surface area (Å²) in [7, 11) is 0. The van der Waals surface area contributed by atoms with Gasteiger partial charge in [-0.2, -0.15) is 0 Å². The molecule has 106 valence electrons.